The summed E-state index contributed by atoms with van der Waals surface area (Å²) in [5, 5.41) is 11.8. The quantitative estimate of drug-likeness (QED) is 0.746. The van der Waals surface area contributed by atoms with Crippen LogP contribution in [0.5, 0.6) is 0 Å². The summed E-state index contributed by atoms with van der Waals surface area (Å²) in [6, 6.07) is 1.89. The van der Waals surface area contributed by atoms with Crippen molar-refractivity contribution in [2.24, 2.45) is 0 Å². The third-order valence-corrected chi connectivity index (χ3v) is 2.12. The highest BCUT2D eigenvalue weighted by Gasteiger charge is 2.03. The molecule has 2 rings (SSSR count). The molecule has 0 aliphatic carbocycles. The van der Waals surface area contributed by atoms with Crippen LogP contribution in [0.2, 0.25) is 0 Å². The van der Waals surface area contributed by atoms with Gasteiger partial charge in [0.2, 0.25) is 0 Å². The van der Waals surface area contributed by atoms with E-state index >= 15 is 0 Å². The number of nitrogen functional groups attached to an aromatic ring is 1. The Bertz CT molecular complexity index is 401. The molecule has 6 nitrogen and oxygen atoms in total. The van der Waals surface area contributed by atoms with Crippen molar-refractivity contribution in [3.8, 4) is 0 Å². The number of nitrogens with two attached hydrogens (primary N) is 1. The molecule has 2 heterocycles. The van der Waals surface area contributed by atoms with Crippen LogP contribution in [-0.4, -0.2) is 24.8 Å². The lowest BCUT2D eigenvalue weighted by Gasteiger charge is -2.02. The van der Waals surface area contributed by atoms with Crippen molar-refractivity contribution in [1.82, 2.24) is 24.8 Å². The van der Waals surface area contributed by atoms with Gasteiger partial charge in [-0.15, -0.1) is 5.10 Å². The molecule has 2 aromatic rings. The van der Waals surface area contributed by atoms with Crippen molar-refractivity contribution in [1.29, 1.82) is 0 Å². The third-order valence-electron chi connectivity index (χ3n) is 2.12. The second kappa shape index (κ2) is 3.49. The van der Waals surface area contributed by atoms with E-state index in [0.717, 1.165) is 18.8 Å². The summed E-state index contributed by atoms with van der Waals surface area (Å²) in [5.74, 6) is 0.491. The van der Waals surface area contributed by atoms with Gasteiger partial charge >= 0.3 is 0 Å². The van der Waals surface area contributed by atoms with E-state index in [0.29, 0.717) is 5.82 Å². The van der Waals surface area contributed by atoms with Crippen LogP contribution in [0.4, 0.5) is 5.82 Å². The second-order valence-electron chi connectivity index (χ2n) is 3.05. The molecule has 2 aromatic heterocycles. The lowest BCUT2D eigenvalue weighted by atomic mass is 10.4. The number of nitrogens with zero attached hydrogens (tertiary/aromatic N) is 5. The van der Waals surface area contributed by atoms with Gasteiger partial charge in [0.1, 0.15) is 0 Å². The Morgan fingerprint density at radius 3 is 2.86 bits per heavy atom. The summed E-state index contributed by atoms with van der Waals surface area (Å²) in [6.07, 6.45) is 3.66. The fourth-order valence-corrected chi connectivity index (χ4v) is 1.22. The van der Waals surface area contributed by atoms with E-state index in [1.165, 1.54) is 0 Å². The number of hydrogen-bond acceptors (Lipinski definition) is 4. The maximum atomic E-state index is 5.57. The molecule has 0 fully saturated rings. The largest absolute Gasteiger partial charge is 0.381 e. The van der Waals surface area contributed by atoms with Crippen LogP contribution in [0.15, 0.2) is 18.5 Å². The van der Waals surface area contributed by atoms with Crippen molar-refractivity contribution in [2.45, 2.75) is 20.0 Å². The molecule has 6 heteroatoms. The number of hydrogen-bond donors (Lipinski definition) is 1. The van der Waals surface area contributed by atoms with E-state index < -0.39 is 0 Å². The molecule has 0 unspecified atom stereocenters. The summed E-state index contributed by atoms with van der Waals surface area (Å²) in [4.78, 5) is 0. The first kappa shape index (κ1) is 8.74. The maximum absolute atomic E-state index is 5.57. The van der Waals surface area contributed by atoms with Gasteiger partial charge in [-0.2, -0.15) is 5.10 Å². The van der Waals surface area contributed by atoms with Crippen molar-refractivity contribution >= 4 is 5.82 Å². The van der Waals surface area contributed by atoms with Crippen molar-refractivity contribution in [2.75, 3.05) is 5.73 Å². The molecule has 0 spiro atoms. The van der Waals surface area contributed by atoms with E-state index in [-0.39, 0.29) is 0 Å². The average molecular weight is 192 g/mol. The zero-order valence-electron chi connectivity index (χ0n) is 7.96. The highest BCUT2D eigenvalue weighted by Crippen LogP contribution is 2.04. The van der Waals surface area contributed by atoms with E-state index in [1.807, 2.05) is 23.9 Å². The smallest absolute Gasteiger partial charge is 0.168 e. The van der Waals surface area contributed by atoms with Gasteiger partial charge in [-0.3, -0.25) is 4.68 Å². The zero-order valence-corrected chi connectivity index (χ0v) is 7.96. The van der Waals surface area contributed by atoms with E-state index in [9.17, 15) is 0 Å². The second-order valence-corrected chi connectivity index (χ2v) is 3.05. The van der Waals surface area contributed by atoms with Crippen LogP contribution in [0.3, 0.4) is 0 Å². The Morgan fingerprint density at radius 2 is 2.29 bits per heavy atom. The van der Waals surface area contributed by atoms with Crippen LogP contribution in [0.1, 0.15) is 5.69 Å². The number of anilines is 1. The fraction of sp³-hybridized carbons (Fsp3) is 0.375. The summed E-state index contributed by atoms with van der Waals surface area (Å²) in [5.41, 5.74) is 6.47. The standard InChI is InChI=1S/C8H12N6/c1-7-8(9)11-12-14(7)6-5-13-4-2-3-10-13/h2-4H,5-6,9H2,1H3. The molecule has 0 radical (unpaired) electrons. The normalized spacial score (nSPS) is 10.6. The molecule has 0 amide bonds. The number of rotatable bonds is 3. The molecule has 2 N–H and O–H groups in total. The number of aromatic nitrogens is 5. The van der Waals surface area contributed by atoms with Gasteiger partial charge in [0.15, 0.2) is 5.82 Å². The van der Waals surface area contributed by atoms with Crippen molar-refractivity contribution < 1.29 is 0 Å². The van der Waals surface area contributed by atoms with Crippen molar-refractivity contribution in [3.63, 3.8) is 0 Å². The van der Waals surface area contributed by atoms with Gasteiger partial charge in [0, 0.05) is 12.4 Å². The lowest BCUT2D eigenvalue weighted by molar-refractivity contribution is 0.482. The SMILES string of the molecule is Cc1c(N)nnn1CCn1cccn1. The highest BCUT2D eigenvalue weighted by atomic mass is 15.4. The Kier molecular flexibility index (Phi) is 2.18. The van der Waals surface area contributed by atoms with E-state index in [4.69, 9.17) is 5.73 Å². The molecule has 0 aliphatic heterocycles. The maximum Gasteiger partial charge on any atom is 0.168 e. The first-order valence-corrected chi connectivity index (χ1v) is 4.40. The Morgan fingerprint density at radius 1 is 1.43 bits per heavy atom. The van der Waals surface area contributed by atoms with Gasteiger partial charge in [-0.05, 0) is 13.0 Å². The topological polar surface area (TPSA) is 74.5 Å². The Balaban J connectivity index is 2.02. The Labute approximate surface area is 81.3 Å². The Hall–Kier alpha value is -1.85. The first-order valence-electron chi connectivity index (χ1n) is 4.40. The molecule has 0 bridgehead atoms. The van der Waals surface area contributed by atoms with Crippen LogP contribution >= 0.6 is 0 Å². The summed E-state index contributed by atoms with van der Waals surface area (Å²) < 4.78 is 3.62. The molecule has 0 saturated heterocycles. The number of aryl methyl sites for hydroxylation is 2. The minimum absolute atomic E-state index is 0.491. The lowest BCUT2D eigenvalue weighted by Crippen LogP contribution is -2.10. The van der Waals surface area contributed by atoms with Crippen LogP contribution < -0.4 is 5.73 Å². The predicted molar refractivity (Wildman–Crippen MR) is 51.4 cm³/mol. The molecule has 0 aromatic carbocycles. The molecule has 0 aliphatic rings. The van der Waals surface area contributed by atoms with Crippen LogP contribution in [0, 0.1) is 6.92 Å². The molecule has 0 atom stereocenters. The highest BCUT2D eigenvalue weighted by molar-refractivity contribution is 5.31. The fourth-order valence-electron chi connectivity index (χ4n) is 1.22. The minimum atomic E-state index is 0.491. The van der Waals surface area contributed by atoms with E-state index in [1.54, 1.807) is 10.9 Å². The molecule has 14 heavy (non-hydrogen) atoms. The minimum Gasteiger partial charge on any atom is -0.381 e. The average Bonchev–Trinajstić information content (AvgIpc) is 2.77. The van der Waals surface area contributed by atoms with E-state index in [2.05, 4.69) is 15.4 Å². The van der Waals surface area contributed by atoms with Crippen molar-refractivity contribution in [3.05, 3.63) is 24.2 Å². The molecule has 0 saturated carbocycles. The summed E-state index contributed by atoms with van der Waals surface area (Å²) in [7, 11) is 0. The van der Waals surface area contributed by atoms with Gasteiger partial charge in [-0.25, -0.2) is 4.68 Å². The molecule has 74 valence electrons. The monoisotopic (exact) mass is 192 g/mol. The first-order chi connectivity index (χ1) is 6.77. The van der Waals surface area contributed by atoms with Gasteiger partial charge < -0.3 is 5.73 Å². The third kappa shape index (κ3) is 1.59. The van der Waals surface area contributed by atoms with Gasteiger partial charge in [-0.1, -0.05) is 5.21 Å². The summed E-state index contributed by atoms with van der Waals surface area (Å²) in [6.45, 7) is 3.41. The zero-order chi connectivity index (χ0) is 9.97. The van der Waals surface area contributed by atoms with Crippen LogP contribution in [0.25, 0.3) is 0 Å². The molecular formula is C8H12N6. The van der Waals surface area contributed by atoms with Crippen LogP contribution in [-0.2, 0) is 13.1 Å². The van der Waals surface area contributed by atoms with Gasteiger partial charge in [0.25, 0.3) is 0 Å². The molecular weight excluding hydrogens is 180 g/mol. The predicted octanol–water partition coefficient (Wildman–Crippen LogP) is 0.0654. The van der Waals surface area contributed by atoms with Gasteiger partial charge in [0.05, 0.1) is 18.8 Å². The summed E-state index contributed by atoms with van der Waals surface area (Å²) >= 11 is 0.